The summed E-state index contributed by atoms with van der Waals surface area (Å²) >= 11 is 0. The lowest BCUT2D eigenvalue weighted by atomic mass is 10.0. The van der Waals surface area contributed by atoms with E-state index in [9.17, 15) is 32.4 Å². The van der Waals surface area contributed by atoms with Crippen LogP contribution in [0, 0.1) is 17.2 Å². The molecule has 6 rings (SSSR count). The van der Waals surface area contributed by atoms with Crippen LogP contribution in [0.3, 0.4) is 0 Å². The molecule has 2 fully saturated rings. The second-order valence-electron chi connectivity index (χ2n) is 15.6. The van der Waals surface area contributed by atoms with Crippen LogP contribution in [0.15, 0.2) is 60.7 Å². The number of benzene rings is 2. The number of amides is 5. The van der Waals surface area contributed by atoms with Crippen molar-refractivity contribution >= 4 is 45.8 Å². The number of hydrogen-bond acceptors (Lipinski definition) is 10. The summed E-state index contributed by atoms with van der Waals surface area (Å²) < 4.78 is 41.9. The second kappa shape index (κ2) is 16.2. The molecule has 17 heteroatoms. The van der Waals surface area contributed by atoms with E-state index in [1.807, 2.05) is 41.1 Å². The number of carbonyl (C=O) groups is 5. The van der Waals surface area contributed by atoms with Gasteiger partial charge >= 0.3 is 22.4 Å². The van der Waals surface area contributed by atoms with E-state index in [1.54, 1.807) is 26.8 Å². The highest BCUT2D eigenvalue weighted by atomic mass is 32.2. The van der Waals surface area contributed by atoms with Gasteiger partial charge in [-0.25, -0.2) is 14.3 Å². The van der Waals surface area contributed by atoms with Crippen molar-refractivity contribution in [2.24, 2.45) is 5.92 Å². The second-order valence-corrected chi connectivity index (χ2v) is 17.0. The average molecular weight is 790 g/mol. The first kappa shape index (κ1) is 40.0. The van der Waals surface area contributed by atoms with Gasteiger partial charge in [-0.15, -0.1) is 0 Å². The van der Waals surface area contributed by atoms with E-state index in [4.69, 9.17) is 14.7 Å². The Morgan fingerprint density at radius 2 is 1.70 bits per heavy atom. The first-order chi connectivity index (χ1) is 26.6. The Morgan fingerprint density at radius 3 is 2.36 bits per heavy atom. The van der Waals surface area contributed by atoms with Crippen molar-refractivity contribution in [1.82, 2.24) is 25.2 Å². The lowest BCUT2D eigenvalue weighted by Crippen LogP contribution is -2.58. The summed E-state index contributed by atoms with van der Waals surface area (Å²) in [6, 6.07) is 12.8. The van der Waals surface area contributed by atoms with E-state index in [-0.39, 0.29) is 31.5 Å². The molecule has 5 atom stereocenters. The van der Waals surface area contributed by atoms with E-state index in [1.165, 1.54) is 34.1 Å². The lowest BCUT2D eigenvalue weighted by Gasteiger charge is -2.30. The number of anilines is 1. The number of ether oxygens (including phenoxy) is 2. The summed E-state index contributed by atoms with van der Waals surface area (Å²) in [6.07, 6.45) is 4.19. The Morgan fingerprint density at radius 1 is 1.00 bits per heavy atom. The first-order valence-corrected chi connectivity index (χ1v) is 20.2. The Balaban J connectivity index is 1.24. The minimum Gasteiger partial charge on any atom is -0.444 e. The number of fused-ring (bicyclic) bond motifs is 3. The summed E-state index contributed by atoms with van der Waals surface area (Å²) in [5.41, 5.74) is -0.129. The molecule has 4 aliphatic rings. The smallest absolute Gasteiger partial charge is 0.410 e. The molecule has 0 bridgehead atoms. The molecule has 5 unspecified atom stereocenters. The molecule has 56 heavy (non-hydrogen) atoms. The van der Waals surface area contributed by atoms with Crippen molar-refractivity contribution in [1.29, 1.82) is 5.26 Å². The number of rotatable bonds is 6. The van der Waals surface area contributed by atoms with E-state index < -0.39 is 75.4 Å². The summed E-state index contributed by atoms with van der Waals surface area (Å²) in [4.78, 5) is 71.7. The number of carbonyl (C=O) groups excluding carboxylic acids is 5. The van der Waals surface area contributed by atoms with Gasteiger partial charge in [0.25, 0.3) is 5.91 Å². The highest BCUT2D eigenvalue weighted by molar-refractivity contribution is 7.91. The number of nitrogens with zero attached hydrogens (tertiary/aromatic N) is 3. The largest absolute Gasteiger partial charge is 0.444 e. The van der Waals surface area contributed by atoms with Gasteiger partial charge in [0, 0.05) is 25.4 Å². The van der Waals surface area contributed by atoms with Crippen molar-refractivity contribution in [2.45, 2.75) is 108 Å². The van der Waals surface area contributed by atoms with Gasteiger partial charge in [0.1, 0.15) is 29.3 Å². The van der Waals surface area contributed by atoms with Crippen molar-refractivity contribution < 1.29 is 41.9 Å². The molecule has 3 heterocycles. The Hall–Kier alpha value is -5.63. The standard InChI is InChI=1S/C39H47N7O9S/c1-38(2,3)55-36(50)41-31-14-8-6-4-5-7-13-28-20-39(28,35(49)44-56(52,53)43-29-17-15-25(21-40)16-18-29)42-33(47)32-19-30(24-46(32)34(31)48)54-37(51)45-22-26-11-9-10-12-27(26)23-45/h7,9-13,15-18,28,30-32,43H,4-6,8,14,19-20,22-24H2,1-3H3,(H,41,50)(H,42,47)(H,44,49). The Bertz CT molecular complexity index is 2020. The molecule has 5 amide bonds. The molecular weight excluding hydrogens is 743 g/mol. The molecule has 3 aliphatic heterocycles. The van der Waals surface area contributed by atoms with Crippen LogP contribution in [0.25, 0.3) is 0 Å². The minimum atomic E-state index is -4.49. The van der Waals surface area contributed by atoms with Crippen molar-refractivity contribution in [2.75, 3.05) is 11.3 Å². The van der Waals surface area contributed by atoms with Crippen LogP contribution in [0.5, 0.6) is 0 Å². The number of hydrogen-bond donors (Lipinski definition) is 4. The third-order valence-electron chi connectivity index (χ3n) is 10.2. The van der Waals surface area contributed by atoms with E-state index in [2.05, 4.69) is 15.4 Å². The molecule has 0 spiro atoms. The summed E-state index contributed by atoms with van der Waals surface area (Å²) in [5, 5.41) is 14.5. The van der Waals surface area contributed by atoms with Gasteiger partial charge in [0.15, 0.2) is 0 Å². The maximum atomic E-state index is 14.4. The van der Waals surface area contributed by atoms with Crippen molar-refractivity contribution in [3.8, 4) is 6.07 Å². The zero-order valence-electron chi connectivity index (χ0n) is 31.6. The molecule has 16 nitrogen and oxygen atoms in total. The number of nitriles is 1. The van der Waals surface area contributed by atoms with Gasteiger partial charge in [0.2, 0.25) is 11.8 Å². The average Bonchev–Trinajstić information content (AvgIpc) is 3.43. The third kappa shape index (κ3) is 9.59. The molecule has 4 N–H and O–H groups in total. The molecule has 0 radical (unpaired) electrons. The zero-order valence-corrected chi connectivity index (χ0v) is 32.4. The third-order valence-corrected chi connectivity index (χ3v) is 11.2. The topological polar surface area (TPSA) is 216 Å². The quantitative estimate of drug-likeness (QED) is 0.311. The van der Waals surface area contributed by atoms with Crippen LogP contribution in [-0.4, -0.2) is 84.0 Å². The van der Waals surface area contributed by atoms with Gasteiger partial charge in [-0.1, -0.05) is 49.3 Å². The monoisotopic (exact) mass is 789 g/mol. The molecule has 2 aromatic rings. The summed E-state index contributed by atoms with van der Waals surface area (Å²) in [6.45, 7) is 5.60. The molecule has 0 aromatic heterocycles. The summed E-state index contributed by atoms with van der Waals surface area (Å²) in [7, 11) is -4.49. The molecule has 1 saturated heterocycles. The van der Waals surface area contributed by atoms with Gasteiger partial charge in [-0.05, 0) is 81.8 Å². The van der Waals surface area contributed by atoms with Crippen molar-refractivity contribution in [3.05, 3.63) is 77.4 Å². The first-order valence-electron chi connectivity index (χ1n) is 18.7. The molecule has 1 aliphatic carbocycles. The lowest BCUT2D eigenvalue weighted by molar-refractivity contribution is -0.141. The number of allylic oxidation sites excluding steroid dienone is 1. The zero-order chi connectivity index (χ0) is 40.3. The maximum absolute atomic E-state index is 14.4. The van der Waals surface area contributed by atoms with Gasteiger partial charge < -0.3 is 25.0 Å². The molecule has 2 aromatic carbocycles. The number of nitrogens with one attached hydrogen (secondary N) is 4. The van der Waals surface area contributed by atoms with Gasteiger partial charge in [-0.2, -0.15) is 13.7 Å². The fourth-order valence-corrected chi connectivity index (χ4v) is 8.22. The van der Waals surface area contributed by atoms with Crippen LogP contribution >= 0.6 is 0 Å². The minimum absolute atomic E-state index is 0.0882. The number of alkyl carbamates (subject to hydrolysis) is 1. The fraction of sp³-hybridized carbons (Fsp3) is 0.487. The van der Waals surface area contributed by atoms with Crippen LogP contribution in [-0.2, 0) is 47.2 Å². The SMILES string of the molecule is CC(C)(C)OC(=O)NC1CCCCCC=CC2CC2(C(=O)NS(=O)(=O)Nc2ccc(C#N)cc2)NC(=O)C2CC(OC(=O)N3Cc4ccccc4C3)CN2C1=O. The molecular formula is C39H47N7O9S. The van der Waals surface area contributed by atoms with Crippen LogP contribution in [0.4, 0.5) is 15.3 Å². The van der Waals surface area contributed by atoms with Gasteiger partial charge in [-0.3, -0.25) is 24.0 Å². The predicted octanol–water partition coefficient (Wildman–Crippen LogP) is 3.74. The van der Waals surface area contributed by atoms with Crippen LogP contribution < -0.4 is 20.1 Å². The Labute approximate surface area is 326 Å². The predicted molar refractivity (Wildman–Crippen MR) is 202 cm³/mol. The van der Waals surface area contributed by atoms with Crippen molar-refractivity contribution in [3.63, 3.8) is 0 Å². The van der Waals surface area contributed by atoms with E-state index >= 15 is 0 Å². The Kier molecular flexibility index (Phi) is 11.6. The van der Waals surface area contributed by atoms with Crippen LogP contribution in [0.2, 0.25) is 0 Å². The highest BCUT2D eigenvalue weighted by Crippen LogP contribution is 2.46. The normalized spacial score (nSPS) is 25.2. The maximum Gasteiger partial charge on any atom is 0.410 e. The molecule has 298 valence electrons. The van der Waals surface area contributed by atoms with E-state index in [0.29, 0.717) is 37.9 Å². The highest BCUT2D eigenvalue weighted by Gasteiger charge is 2.61. The molecule has 1 saturated carbocycles. The summed E-state index contributed by atoms with van der Waals surface area (Å²) in [5.74, 6) is -2.88. The van der Waals surface area contributed by atoms with E-state index in [0.717, 1.165) is 17.5 Å². The fourth-order valence-electron chi connectivity index (χ4n) is 7.30. The van der Waals surface area contributed by atoms with Crippen LogP contribution in [0.1, 0.15) is 82.4 Å². The van der Waals surface area contributed by atoms with Gasteiger partial charge in [0.05, 0.1) is 23.9 Å².